The predicted octanol–water partition coefficient (Wildman–Crippen LogP) is 4.29. The van der Waals surface area contributed by atoms with Gasteiger partial charge in [0.15, 0.2) is 0 Å². The van der Waals surface area contributed by atoms with Gasteiger partial charge in [-0.2, -0.15) is 0 Å². The lowest BCUT2D eigenvalue weighted by Gasteiger charge is -2.23. The Balaban J connectivity index is 2.35. The Bertz CT molecular complexity index is 686. The zero-order valence-electron chi connectivity index (χ0n) is 13.2. The van der Waals surface area contributed by atoms with Crippen molar-refractivity contribution >= 4 is 17.3 Å². The van der Waals surface area contributed by atoms with Gasteiger partial charge in [0, 0.05) is 5.41 Å². The van der Waals surface area contributed by atoms with Gasteiger partial charge in [-0.15, -0.1) is 11.3 Å². The molecule has 0 bridgehead atoms. The average molecular weight is 303 g/mol. The number of carboxylic acids is 1. The highest BCUT2D eigenvalue weighted by Crippen LogP contribution is 2.33. The molecule has 21 heavy (non-hydrogen) atoms. The second-order valence-electron chi connectivity index (χ2n) is 6.23. The van der Waals surface area contributed by atoms with E-state index >= 15 is 0 Å². The molecule has 112 valence electrons. The highest BCUT2D eigenvalue weighted by atomic mass is 32.1. The minimum Gasteiger partial charge on any atom is -0.477 e. The number of rotatable bonds is 4. The lowest BCUT2D eigenvalue weighted by atomic mass is 9.84. The molecule has 3 nitrogen and oxygen atoms in total. The van der Waals surface area contributed by atoms with Gasteiger partial charge in [0.05, 0.1) is 10.7 Å². The van der Waals surface area contributed by atoms with Crippen molar-refractivity contribution < 1.29 is 9.90 Å². The fourth-order valence-corrected chi connectivity index (χ4v) is 3.43. The Morgan fingerprint density at radius 2 is 1.95 bits per heavy atom. The number of carboxylic acid groups (broad SMARTS) is 1. The quantitative estimate of drug-likeness (QED) is 0.916. The number of aromatic nitrogens is 1. The Labute approximate surface area is 129 Å². The van der Waals surface area contributed by atoms with Crippen LogP contribution in [0, 0.1) is 20.8 Å². The molecule has 4 heteroatoms. The predicted molar refractivity (Wildman–Crippen MR) is 86.5 cm³/mol. The Morgan fingerprint density at radius 1 is 1.29 bits per heavy atom. The minimum atomic E-state index is -0.890. The standard InChI is InChI=1S/C17H21NO2S/c1-10-6-7-11(2)13(8-10)9-17(4,5)16-18-12(3)14(21-16)15(19)20/h6-8H,9H2,1-5H3,(H,19,20). The summed E-state index contributed by atoms with van der Waals surface area (Å²) in [6.07, 6.45) is 0.854. The molecule has 0 amide bonds. The number of hydrogen-bond donors (Lipinski definition) is 1. The number of benzene rings is 1. The summed E-state index contributed by atoms with van der Waals surface area (Å²) < 4.78 is 0. The van der Waals surface area contributed by atoms with Crippen molar-refractivity contribution in [3.05, 3.63) is 50.5 Å². The van der Waals surface area contributed by atoms with Crippen LogP contribution in [0.2, 0.25) is 0 Å². The molecule has 1 heterocycles. The number of hydrogen-bond acceptors (Lipinski definition) is 3. The molecular weight excluding hydrogens is 282 g/mol. The summed E-state index contributed by atoms with van der Waals surface area (Å²) in [6, 6.07) is 6.45. The van der Waals surface area contributed by atoms with E-state index in [0.717, 1.165) is 11.4 Å². The van der Waals surface area contributed by atoms with Crippen LogP contribution < -0.4 is 0 Å². The van der Waals surface area contributed by atoms with E-state index < -0.39 is 5.97 Å². The highest BCUT2D eigenvalue weighted by Gasteiger charge is 2.28. The first-order valence-corrected chi connectivity index (χ1v) is 7.79. The van der Waals surface area contributed by atoms with Crippen molar-refractivity contribution in [3.8, 4) is 0 Å². The van der Waals surface area contributed by atoms with Crippen molar-refractivity contribution in [2.45, 2.75) is 46.5 Å². The first-order valence-electron chi connectivity index (χ1n) is 6.98. The fraction of sp³-hybridized carbons (Fsp3) is 0.412. The molecule has 2 aromatic rings. The lowest BCUT2D eigenvalue weighted by Crippen LogP contribution is -2.21. The second-order valence-corrected chi connectivity index (χ2v) is 7.23. The molecule has 0 saturated carbocycles. The summed E-state index contributed by atoms with van der Waals surface area (Å²) in [6.45, 7) is 10.2. The van der Waals surface area contributed by atoms with Gasteiger partial charge in [0.2, 0.25) is 0 Å². The van der Waals surface area contributed by atoms with Crippen molar-refractivity contribution in [2.75, 3.05) is 0 Å². The van der Waals surface area contributed by atoms with Crippen molar-refractivity contribution in [1.82, 2.24) is 4.98 Å². The van der Waals surface area contributed by atoms with E-state index in [-0.39, 0.29) is 5.41 Å². The first kappa shape index (κ1) is 15.7. The molecule has 0 unspecified atom stereocenters. The first-order chi connectivity index (χ1) is 9.70. The van der Waals surface area contributed by atoms with Gasteiger partial charge in [-0.05, 0) is 38.3 Å². The molecule has 2 rings (SSSR count). The highest BCUT2D eigenvalue weighted by molar-refractivity contribution is 7.13. The van der Waals surface area contributed by atoms with Crippen LogP contribution in [-0.4, -0.2) is 16.1 Å². The van der Waals surface area contributed by atoms with Gasteiger partial charge in [0.1, 0.15) is 4.88 Å². The van der Waals surface area contributed by atoms with Crippen LogP contribution in [0.5, 0.6) is 0 Å². The molecule has 0 atom stereocenters. The van der Waals surface area contributed by atoms with E-state index in [1.54, 1.807) is 6.92 Å². The number of thiazole rings is 1. The van der Waals surface area contributed by atoms with E-state index in [4.69, 9.17) is 0 Å². The van der Waals surface area contributed by atoms with E-state index in [2.05, 4.69) is 50.9 Å². The third-order valence-electron chi connectivity index (χ3n) is 3.71. The van der Waals surface area contributed by atoms with Crippen LogP contribution in [0.1, 0.15) is 50.9 Å². The van der Waals surface area contributed by atoms with Crippen LogP contribution in [0.15, 0.2) is 18.2 Å². The number of aromatic carboxylic acids is 1. The van der Waals surface area contributed by atoms with Crippen LogP contribution in [-0.2, 0) is 11.8 Å². The number of nitrogens with zero attached hydrogens (tertiary/aromatic N) is 1. The van der Waals surface area contributed by atoms with Gasteiger partial charge in [-0.3, -0.25) is 0 Å². The largest absolute Gasteiger partial charge is 0.477 e. The maximum atomic E-state index is 11.2. The summed E-state index contributed by atoms with van der Waals surface area (Å²) in [7, 11) is 0. The molecule has 0 aliphatic heterocycles. The molecule has 0 radical (unpaired) electrons. The summed E-state index contributed by atoms with van der Waals surface area (Å²) in [4.78, 5) is 16.0. The van der Waals surface area contributed by atoms with Crippen LogP contribution in [0.4, 0.5) is 0 Å². The van der Waals surface area contributed by atoms with E-state index in [9.17, 15) is 9.90 Å². The molecule has 0 spiro atoms. The molecule has 0 aliphatic rings. The molecular formula is C17H21NO2S. The minimum absolute atomic E-state index is 0.179. The summed E-state index contributed by atoms with van der Waals surface area (Å²) in [5, 5.41) is 10.1. The second kappa shape index (κ2) is 5.60. The summed E-state index contributed by atoms with van der Waals surface area (Å²) in [5.74, 6) is -0.890. The smallest absolute Gasteiger partial charge is 0.347 e. The molecule has 1 aromatic carbocycles. The monoisotopic (exact) mass is 303 g/mol. The van der Waals surface area contributed by atoms with Gasteiger partial charge in [0.25, 0.3) is 0 Å². The third kappa shape index (κ3) is 3.32. The third-order valence-corrected chi connectivity index (χ3v) is 5.22. The van der Waals surface area contributed by atoms with Crippen molar-refractivity contribution in [3.63, 3.8) is 0 Å². The van der Waals surface area contributed by atoms with Gasteiger partial charge in [-0.1, -0.05) is 37.6 Å². The maximum absolute atomic E-state index is 11.2. The molecule has 0 aliphatic carbocycles. The average Bonchev–Trinajstić information content (AvgIpc) is 2.77. The molecule has 1 aromatic heterocycles. The zero-order chi connectivity index (χ0) is 15.8. The Hall–Kier alpha value is -1.68. The van der Waals surface area contributed by atoms with E-state index in [1.807, 2.05) is 0 Å². The van der Waals surface area contributed by atoms with Crippen molar-refractivity contribution in [1.29, 1.82) is 0 Å². The maximum Gasteiger partial charge on any atom is 0.347 e. The summed E-state index contributed by atoms with van der Waals surface area (Å²) in [5.41, 5.74) is 4.23. The van der Waals surface area contributed by atoms with E-state index in [1.165, 1.54) is 28.0 Å². The van der Waals surface area contributed by atoms with Gasteiger partial charge < -0.3 is 5.11 Å². The zero-order valence-corrected chi connectivity index (χ0v) is 14.0. The topological polar surface area (TPSA) is 50.2 Å². The number of aryl methyl sites for hydroxylation is 3. The van der Waals surface area contributed by atoms with Crippen LogP contribution >= 0.6 is 11.3 Å². The summed E-state index contributed by atoms with van der Waals surface area (Å²) >= 11 is 1.29. The normalized spacial score (nSPS) is 11.7. The van der Waals surface area contributed by atoms with Gasteiger partial charge in [-0.25, -0.2) is 9.78 Å². The van der Waals surface area contributed by atoms with E-state index in [0.29, 0.717) is 10.6 Å². The fourth-order valence-electron chi connectivity index (χ4n) is 2.43. The van der Waals surface area contributed by atoms with Crippen LogP contribution in [0.3, 0.4) is 0 Å². The Morgan fingerprint density at radius 3 is 2.52 bits per heavy atom. The molecule has 0 fully saturated rings. The van der Waals surface area contributed by atoms with Gasteiger partial charge >= 0.3 is 5.97 Å². The molecule has 0 saturated heterocycles. The molecule has 1 N–H and O–H groups in total. The number of carbonyl (C=O) groups is 1. The van der Waals surface area contributed by atoms with Crippen LogP contribution in [0.25, 0.3) is 0 Å². The van der Waals surface area contributed by atoms with Crippen molar-refractivity contribution in [2.24, 2.45) is 0 Å². The lowest BCUT2D eigenvalue weighted by molar-refractivity contribution is 0.0701. The Kier molecular flexibility index (Phi) is 4.19. The SMILES string of the molecule is Cc1ccc(C)c(CC(C)(C)c2nc(C)c(C(=O)O)s2)c1.